The lowest BCUT2D eigenvalue weighted by Crippen LogP contribution is -2.51. The van der Waals surface area contributed by atoms with E-state index in [1.807, 2.05) is 30.0 Å². The number of amides is 2. The van der Waals surface area contributed by atoms with Crippen LogP contribution < -0.4 is 5.32 Å². The molecule has 1 aromatic heterocycles. The molecule has 0 atom stereocenters. The van der Waals surface area contributed by atoms with Crippen molar-refractivity contribution in [3.63, 3.8) is 0 Å². The summed E-state index contributed by atoms with van der Waals surface area (Å²) in [7, 11) is 2.07. The van der Waals surface area contributed by atoms with Crippen molar-refractivity contribution in [1.82, 2.24) is 24.7 Å². The van der Waals surface area contributed by atoms with Crippen molar-refractivity contribution in [3.8, 4) is 0 Å². The predicted molar refractivity (Wildman–Crippen MR) is 86.6 cm³/mol. The minimum Gasteiger partial charge on any atom is -0.338 e. The van der Waals surface area contributed by atoms with Crippen LogP contribution in [0.15, 0.2) is 24.3 Å². The number of nitrogens with zero attached hydrogens (tertiary/aromatic N) is 4. The van der Waals surface area contributed by atoms with Gasteiger partial charge in [0.2, 0.25) is 0 Å². The van der Waals surface area contributed by atoms with E-state index in [4.69, 9.17) is 4.98 Å². The van der Waals surface area contributed by atoms with E-state index in [2.05, 4.69) is 27.9 Å². The number of para-hydroxylation sites is 2. The Kier molecular flexibility index (Phi) is 4.29. The van der Waals surface area contributed by atoms with E-state index < -0.39 is 0 Å². The molecule has 1 saturated heterocycles. The topological polar surface area (TPSA) is 53.4 Å². The summed E-state index contributed by atoms with van der Waals surface area (Å²) in [6.45, 7) is 6.78. The third-order valence-electron chi connectivity index (χ3n) is 4.23. The van der Waals surface area contributed by atoms with Gasteiger partial charge >= 0.3 is 6.03 Å². The zero-order chi connectivity index (χ0) is 15.5. The van der Waals surface area contributed by atoms with Gasteiger partial charge in [0, 0.05) is 39.8 Å². The van der Waals surface area contributed by atoms with Gasteiger partial charge in [0.25, 0.3) is 0 Å². The van der Waals surface area contributed by atoms with Crippen molar-refractivity contribution < 1.29 is 4.79 Å². The summed E-state index contributed by atoms with van der Waals surface area (Å²) in [4.78, 5) is 20.8. The van der Waals surface area contributed by atoms with Crippen molar-refractivity contribution in [3.05, 3.63) is 30.1 Å². The number of hydrogen-bond donors (Lipinski definition) is 1. The van der Waals surface area contributed by atoms with E-state index in [9.17, 15) is 4.79 Å². The summed E-state index contributed by atoms with van der Waals surface area (Å²) in [6.07, 6.45) is 0. The molecule has 1 fully saturated rings. The number of nitrogens with one attached hydrogen (secondary N) is 1. The standard InChI is InChI=1S/C16H23N5O/c1-3-17-16(22)21-10-8-20(9-11-21)12-15-18-13-6-4-5-7-14(13)19(15)2/h4-7H,3,8-12H2,1-2H3,(H,17,22). The molecule has 0 bridgehead atoms. The fraction of sp³-hybridized carbons (Fsp3) is 0.500. The summed E-state index contributed by atoms with van der Waals surface area (Å²) in [5, 5.41) is 2.86. The van der Waals surface area contributed by atoms with Crippen LogP contribution in [0.3, 0.4) is 0 Å². The van der Waals surface area contributed by atoms with Crippen LogP contribution >= 0.6 is 0 Å². The van der Waals surface area contributed by atoms with Crippen LogP contribution in [0.25, 0.3) is 11.0 Å². The molecule has 6 nitrogen and oxygen atoms in total. The van der Waals surface area contributed by atoms with Crippen LogP contribution in [0.5, 0.6) is 0 Å². The van der Waals surface area contributed by atoms with E-state index in [-0.39, 0.29) is 6.03 Å². The lowest BCUT2D eigenvalue weighted by atomic mass is 10.3. The number of rotatable bonds is 3. The summed E-state index contributed by atoms with van der Waals surface area (Å²) in [5.41, 5.74) is 2.21. The summed E-state index contributed by atoms with van der Waals surface area (Å²) < 4.78 is 2.16. The van der Waals surface area contributed by atoms with E-state index in [1.54, 1.807) is 0 Å². The van der Waals surface area contributed by atoms with Gasteiger partial charge in [-0.15, -0.1) is 0 Å². The van der Waals surface area contributed by atoms with E-state index in [0.29, 0.717) is 6.54 Å². The summed E-state index contributed by atoms with van der Waals surface area (Å²) >= 11 is 0. The first-order chi connectivity index (χ1) is 10.7. The number of aryl methyl sites for hydroxylation is 1. The van der Waals surface area contributed by atoms with Crippen LogP contribution in [-0.4, -0.2) is 58.1 Å². The number of carbonyl (C=O) groups is 1. The molecule has 118 valence electrons. The Balaban J connectivity index is 1.62. The number of urea groups is 1. The summed E-state index contributed by atoms with van der Waals surface area (Å²) in [5.74, 6) is 1.08. The van der Waals surface area contributed by atoms with Crippen molar-refractivity contribution in [2.75, 3.05) is 32.7 Å². The number of piperazine rings is 1. The van der Waals surface area contributed by atoms with E-state index in [1.165, 1.54) is 5.52 Å². The van der Waals surface area contributed by atoms with Crippen molar-refractivity contribution in [2.45, 2.75) is 13.5 Å². The molecule has 6 heteroatoms. The third-order valence-corrected chi connectivity index (χ3v) is 4.23. The van der Waals surface area contributed by atoms with Gasteiger partial charge in [0.15, 0.2) is 0 Å². The number of fused-ring (bicyclic) bond motifs is 1. The maximum atomic E-state index is 11.8. The monoisotopic (exact) mass is 301 g/mol. The predicted octanol–water partition coefficient (Wildman–Crippen LogP) is 1.42. The van der Waals surface area contributed by atoms with Crippen LogP contribution in [-0.2, 0) is 13.6 Å². The second-order valence-corrected chi connectivity index (χ2v) is 5.67. The van der Waals surface area contributed by atoms with Gasteiger partial charge in [0.05, 0.1) is 17.6 Å². The second kappa shape index (κ2) is 6.36. The average Bonchev–Trinajstić information content (AvgIpc) is 2.85. The maximum Gasteiger partial charge on any atom is 0.317 e. The Bertz CT molecular complexity index is 658. The molecule has 1 aliphatic rings. The largest absolute Gasteiger partial charge is 0.338 e. The molecule has 0 unspecified atom stereocenters. The lowest BCUT2D eigenvalue weighted by Gasteiger charge is -2.34. The highest BCUT2D eigenvalue weighted by Crippen LogP contribution is 2.16. The Labute approximate surface area is 130 Å². The molecule has 1 aromatic carbocycles. The number of aromatic nitrogens is 2. The Hall–Kier alpha value is -2.08. The molecular weight excluding hydrogens is 278 g/mol. The van der Waals surface area contributed by atoms with E-state index >= 15 is 0 Å². The Morgan fingerprint density at radius 2 is 1.95 bits per heavy atom. The zero-order valence-electron chi connectivity index (χ0n) is 13.2. The molecule has 1 N–H and O–H groups in total. The van der Waals surface area contributed by atoms with Crippen LogP contribution in [0, 0.1) is 0 Å². The van der Waals surface area contributed by atoms with Gasteiger partial charge < -0.3 is 14.8 Å². The van der Waals surface area contributed by atoms with Gasteiger partial charge in [-0.25, -0.2) is 9.78 Å². The molecule has 2 aromatic rings. The van der Waals surface area contributed by atoms with Gasteiger partial charge in [-0.1, -0.05) is 12.1 Å². The molecule has 2 heterocycles. The minimum atomic E-state index is 0.0462. The minimum absolute atomic E-state index is 0.0462. The van der Waals surface area contributed by atoms with Crippen molar-refractivity contribution >= 4 is 17.1 Å². The molecule has 3 rings (SSSR count). The number of carbonyl (C=O) groups excluding carboxylic acids is 1. The first-order valence-corrected chi connectivity index (χ1v) is 7.84. The fourth-order valence-corrected chi connectivity index (χ4v) is 2.91. The average molecular weight is 301 g/mol. The zero-order valence-corrected chi connectivity index (χ0v) is 13.2. The third kappa shape index (κ3) is 2.92. The Morgan fingerprint density at radius 1 is 1.23 bits per heavy atom. The first-order valence-electron chi connectivity index (χ1n) is 7.84. The lowest BCUT2D eigenvalue weighted by molar-refractivity contribution is 0.133. The highest BCUT2D eigenvalue weighted by atomic mass is 16.2. The highest BCUT2D eigenvalue weighted by molar-refractivity contribution is 5.75. The molecule has 0 aliphatic carbocycles. The molecule has 0 spiro atoms. The van der Waals surface area contributed by atoms with Crippen LogP contribution in [0.4, 0.5) is 4.79 Å². The normalized spacial score (nSPS) is 16.2. The highest BCUT2D eigenvalue weighted by Gasteiger charge is 2.21. The molecular formula is C16H23N5O. The van der Waals surface area contributed by atoms with Crippen LogP contribution in [0.2, 0.25) is 0 Å². The molecule has 1 aliphatic heterocycles. The van der Waals surface area contributed by atoms with Gasteiger partial charge in [-0.05, 0) is 19.1 Å². The fourth-order valence-electron chi connectivity index (χ4n) is 2.91. The second-order valence-electron chi connectivity index (χ2n) is 5.67. The van der Waals surface area contributed by atoms with Crippen LogP contribution in [0.1, 0.15) is 12.7 Å². The van der Waals surface area contributed by atoms with Gasteiger partial charge in [0.1, 0.15) is 5.82 Å². The summed E-state index contributed by atoms with van der Waals surface area (Å²) in [6, 6.07) is 8.25. The molecule has 0 saturated carbocycles. The first kappa shape index (κ1) is 14.8. The molecule has 2 amide bonds. The number of imidazole rings is 1. The smallest absolute Gasteiger partial charge is 0.317 e. The SMILES string of the molecule is CCNC(=O)N1CCN(Cc2nc3ccccc3n2C)CC1. The number of benzene rings is 1. The quantitative estimate of drug-likeness (QED) is 0.933. The van der Waals surface area contributed by atoms with Crippen molar-refractivity contribution in [2.24, 2.45) is 7.05 Å². The van der Waals surface area contributed by atoms with Crippen molar-refractivity contribution in [1.29, 1.82) is 0 Å². The maximum absolute atomic E-state index is 11.8. The Morgan fingerprint density at radius 3 is 2.64 bits per heavy atom. The van der Waals surface area contributed by atoms with E-state index in [0.717, 1.165) is 44.1 Å². The van der Waals surface area contributed by atoms with Gasteiger partial charge in [-0.3, -0.25) is 4.90 Å². The molecule has 0 radical (unpaired) electrons. The van der Waals surface area contributed by atoms with Gasteiger partial charge in [-0.2, -0.15) is 0 Å². The number of hydrogen-bond acceptors (Lipinski definition) is 3. The molecule has 22 heavy (non-hydrogen) atoms.